The van der Waals surface area contributed by atoms with Crippen LogP contribution >= 0.6 is 0 Å². The van der Waals surface area contributed by atoms with Gasteiger partial charge in [0.15, 0.2) is 0 Å². The molecule has 0 aromatic heterocycles. The minimum atomic E-state index is -0.118. The van der Waals surface area contributed by atoms with E-state index < -0.39 is 0 Å². The van der Waals surface area contributed by atoms with Gasteiger partial charge in [0.25, 0.3) is 6.71 Å². The van der Waals surface area contributed by atoms with Gasteiger partial charge < -0.3 is 19.3 Å². The average Bonchev–Trinajstić information content (AvgIpc) is 3.24. The number of ether oxygens (including phenoxy) is 2. The maximum atomic E-state index is 7.12. The number of fused-ring (bicyclic) bond motifs is 10. The van der Waals surface area contributed by atoms with Gasteiger partial charge in [-0.3, -0.25) is 0 Å². The number of nitrogens with zero attached hydrogens (tertiary/aromatic N) is 2. The number of allylic oxidation sites excluding steroid dienone is 2. The minimum absolute atomic E-state index is 0.118. The summed E-state index contributed by atoms with van der Waals surface area (Å²) in [5.74, 6) is 3.52. The van der Waals surface area contributed by atoms with Crippen LogP contribution < -0.4 is 35.7 Å². The fourth-order valence-electron chi connectivity index (χ4n) is 10.5. The smallest absolute Gasteiger partial charge is 0.262 e. The van der Waals surface area contributed by atoms with Crippen molar-refractivity contribution in [2.24, 2.45) is 0 Å². The summed E-state index contributed by atoms with van der Waals surface area (Å²) >= 11 is 0. The number of aryl methyl sites for hydroxylation is 1. The summed E-state index contributed by atoms with van der Waals surface area (Å²) < 4.78 is 14.2. The molecule has 4 aliphatic heterocycles. The molecule has 1 unspecified atom stereocenters. The molecule has 0 radical (unpaired) electrons. The van der Waals surface area contributed by atoms with Gasteiger partial charge in [-0.1, -0.05) is 109 Å². The van der Waals surface area contributed by atoms with E-state index in [9.17, 15) is 0 Å². The highest BCUT2D eigenvalue weighted by Gasteiger charge is 2.45. The van der Waals surface area contributed by atoms with Crippen LogP contribution in [0.5, 0.6) is 23.0 Å². The zero-order chi connectivity index (χ0) is 36.6. The van der Waals surface area contributed by atoms with Crippen LogP contribution in [0.2, 0.25) is 0 Å². The fraction of sp³-hybridized carbons (Fsp3) is 0.0588. The van der Waals surface area contributed by atoms with E-state index in [0.29, 0.717) is 0 Å². The maximum absolute atomic E-state index is 7.12. The molecule has 0 amide bonds. The summed E-state index contributed by atoms with van der Waals surface area (Å²) in [6, 6.07) is 53.2. The first-order valence-electron chi connectivity index (χ1n) is 19.6. The van der Waals surface area contributed by atoms with Crippen LogP contribution in [0.1, 0.15) is 17.5 Å². The average molecular weight is 717 g/mol. The van der Waals surface area contributed by atoms with E-state index in [1.54, 1.807) is 0 Å². The lowest BCUT2D eigenvalue weighted by Gasteiger charge is -2.43. The second-order valence-corrected chi connectivity index (χ2v) is 15.6. The first-order chi connectivity index (χ1) is 27.7. The number of hydrogen-bond donors (Lipinski definition) is 0. The molecule has 1 aliphatic carbocycles. The molecule has 4 heterocycles. The van der Waals surface area contributed by atoms with E-state index in [2.05, 4.69) is 181 Å². The van der Waals surface area contributed by atoms with E-state index in [-0.39, 0.29) is 12.8 Å². The van der Waals surface area contributed by atoms with E-state index in [1.807, 2.05) is 0 Å². The molecule has 0 spiro atoms. The Morgan fingerprint density at radius 3 is 1.86 bits per heavy atom. The maximum Gasteiger partial charge on any atom is 0.262 e. The van der Waals surface area contributed by atoms with Gasteiger partial charge in [0, 0.05) is 45.3 Å². The van der Waals surface area contributed by atoms with Crippen molar-refractivity contribution in [1.29, 1.82) is 0 Å². The van der Waals surface area contributed by atoms with Gasteiger partial charge in [-0.05, 0) is 99.8 Å². The third kappa shape index (κ3) is 3.94. The van der Waals surface area contributed by atoms with Crippen LogP contribution in [0.3, 0.4) is 0 Å². The normalized spacial score (nSPS) is 16.3. The van der Waals surface area contributed by atoms with Crippen molar-refractivity contribution in [3.63, 3.8) is 0 Å². The van der Waals surface area contributed by atoms with Crippen LogP contribution in [0.25, 0.3) is 38.2 Å². The Morgan fingerprint density at radius 1 is 0.536 bits per heavy atom. The molecule has 8 aromatic rings. The lowest BCUT2D eigenvalue weighted by atomic mass is 9.33. The molecule has 0 fully saturated rings. The Kier molecular flexibility index (Phi) is 5.99. The molecule has 0 saturated carbocycles. The molecule has 56 heavy (non-hydrogen) atoms. The number of rotatable bonds is 2. The zero-order valence-corrected chi connectivity index (χ0v) is 30.7. The zero-order valence-electron chi connectivity index (χ0n) is 30.7. The summed E-state index contributed by atoms with van der Waals surface area (Å²) in [7, 11) is 0. The van der Waals surface area contributed by atoms with Crippen molar-refractivity contribution in [1.82, 2.24) is 0 Å². The largest absolute Gasteiger partial charge is 0.458 e. The van der Waals surface area contributed by atoms with Gasteiger partial charge in [0.2, 0.25) is 0 Å². The SMILES string of the molecule is Cc1cc2c3c(c1)Oc1cc4c5c(cccc5c1B3c1c(cc3c5c(cccc15)-c1ccccc1N3c1ccccc1)O2)C1=CC=CCC1N4c1ccccc1. The van der Waals surface area contributed by atoms with Crippen molar-refractivity contribution in [3.05, 3.63) is 175 Å². The topological polar surface area (TPSA) is 24.9 Å². The second-order valence-electron chi connectivity index (χ2n) is 15.6. The summed E-state index contributed by atoms with van der Waals surface area (Å²) in [5, 5.41) is 4.93. The molecule has 0 N–H and O–H groups in total. The molecule has 0 saturated heterocycles. The monoisotopic (exact) mass is 716 g/mol. The molecular weight excluding hydrogens is 683 g/mol. The van der Waals surface area contributed by atoms with Gasteiger partial charge in [-0.15, -0.1) is 0 Å². The van der Waals surface area contributed by atoms with Gasteiger partial charge in [0.05, 0.1) is 23.1 Å². The Balaban J connectivity index is 1.14. The predicted octanol–water partition coefficient (Wildman–Crippen LogP) is 11.3. The highest BCUT2D eigenvalue weighted by Crippen LogP contribution is 2.54. The molecule has 5 heteroatoms. The number of anilines is 5. The van der Waals surface area contributed by atoms with Crippen LogP contribution in [0.15, 0.2) is 164 Å². The third-order valence-corrected chi connectivity index (χ3v) is 12.6. The van der Waals surface area contributed by atoms with Crippen LogP contribution in [-0.4, -0.2) is 12.8 Å². The fourth-order valence-corrected chi connectivity index (χ4v) is 10.5. The summed E-state index contributed by atoms with van der Waals surface area (Å²) in [4.78, 5) is 4.95. The Morgan fingerprint density at radius 2 is 1.12 bits per heavy atom. The Hall–Kier alpha value is -6.98. The highest BCUT2D eigenvalue weighted by molar-refractivity contribution is 7.01. The molecule has 262 valence electrons. The minimum Gasteiger partial charge on any atom is -0.458 e. The number of para-hydroxylation sites is 3. The Labute approximate surface area is 325 Å². The number of benzene rings is 8. The Bertz CT molecular complexity index is 3100. The van der Waals surface area contributed by atoms with Crippen molar-refractivity contribution in [3.8, 4) is 34.1 Å². The quantitative estimate of drug-likeness (QED) is 0.166. The van der Waals surface area contributed by atoms with E-state index in [4.69, 9.17) is 9.47 Å². The summed E-state index contributed by atoms with van der Waals surface area (Å²) in [6.45, 7) is 2.01. The molecule has 4 nitrogen and oxygen atoms in total. The van der Waals surface area contributed by atoms with Crippen LogP contribution in [-0.2, 0) is 0 Å². The van der Waals surface area contributed by atoms with E-state index in [1.165, 1.54) is 66.1 Å². The van der Waals surface area contributed by atoms with Gasteiger partial charge >= 0.3 is 0 Å². The van der Waals surface area contributed by atoms with Crippen molar-refractivity contribution >= 4 is 78.7 Å². The second kappa shape index (κ2) is 11.1. The van der Waals surface area contributed by atoms with Crippen LogP contribution in [0.4, 0.5) is 28.4 Å². The van der Waals surface area contributed by atoms with Crippen LogP contribution in [0, 0.1) is 6.92 Å². The standard InChI is InChI=1S/C51H33BN2O2/c1-30-26-43-51-44(27-30)56-46-29-42-48-36(34-19-9-11-25-40(34)54(42)32-16-6-3-7-17-32)21-13-23-38(48)50(46)52(51)49-37-22-12-20-35-33-18-8-10-24-39(33)53(31-14-4-2-5-15-31)41(47(35)37)28-45(49)55-43/h2-24,26-29,40H,25H2,1H3. The lowest BCUT2D eigenvalue weighted by molar-refractivity contribution is 0.464. The van der Waals surface area contributed by atoms with Crippen molar-refractivity contribution in [2.45, 2.75) is 19.4 Å². The molecule has 5 aliphatic rings. The molecule has 8 aromatic carbocycles. The van der Waals surface area contributed by atoms with Crippen molar-refractivity contribution in [2.75, 3.05) is 9.80 Å². The molecule has 1 atom stereocenters. The number of hydrogen-bond acceptors (Lipinski definition) is 4. The summed E-state index contributed by atoms with van der Waals surface area (Å²) in [6.07, 6.45) is 7.78. The van der Waals surface area contributed by atoms with Gasteiger partial charge in [0.1, 0.15) is 23.0 Å². The van der Waals surface area contributed by atoms with E-state index in [0.717, 1.165) is 57.5 Å². The first kappa shape index (κ1) is 30.4. The third-order valence-electron chi connectivity index (χ3n) is 12.6. The summed E-state index contributed by atoms with van der Waals surface area (Å²) in [5.41, 5.74) is 15.5. The first-order valence-corrected chi connectivity index (χ1v) is 19.6. The molecule has 13 rings (SSSR count). The molecule has 0 bridgehead atoms. The lowest BCUT2D eigenvalue weighted by Crippen LogP contribution is -2.58. The highest BCUT2D eigenvalue weighted by atomic mass is 16.5. The molecular formula is C51H33BN2O2. The van der Waals surface area contributed by atoms with E-state index >= 15 is 0 Å². The van der Waals surface area contributed by atoms with Crippen molar-refractivity contribution < 1.29 is 9.47 Å². The van der Waals surface area contributed by atoms with Gasteiger partial charge in [-0.25, -0.2) is 0 Å². The van der Waals surface area contributed by atoms with Gasteiger partial charge in [-0.2, -0.15) is 0 Å². The predicted molar refractivity (Wildman–Crippen MR) is 232 cm³/mol.